The van der Waals surface area contributed by atoms with E-state index in [9.17, 15) is 5.11 Å². The van der Waals surface area contributed by atoms with Crippen LogP contribution in [0.15, 0.2) is 103 Å². The van der Waals surface area contributed by atoms with Gasteiger partial charge in [-0.05, 0) is 34.0 Å². The summed E-state index contributed by atoms with van der Waals surface area (Å²) in [6.07, 6.45) is 3.13. The van der Waals surface area contributed by atoms with E-state index in [1.165, 1.54) is 10.8 Å². The summed E-state index contributed by atoms with van der Waals surface area (Å²) in [5, 5.41) is 15.0. The van der Waals surface area contributed by atoms with Crippen molar-refractivity contribution in [1.82, 2.24) is 0 Å². The van der Waals surface area contributed by atoms with Gasteiger partial charge in [-0.1, -0.05) is 91.0 Å². The number of ether oxygens (including phenoxy) is 1. The molecule has 2 aliphatic heterocycles. The first-order valence-electron chi connectivity index (χ1n) is 12.9. The second-order valence-corrected chi connectivity index (χ2v) is 10.6. The molecular weight excluding hydrogens is 510 g/mol. The Hall–Kier alpha value is -2.66. The van der Waals surface area contributed by atoms with Crippen molar-refractivity contribution in [2.75, 3.05) is 32.8 Å². The fourth-order valence-corrected chi connectivity index (χ4v) is 6.86. The van der Waals surface area contributed by atoms with Gasteiger partial charge in [-0.15, -0.1) is 0 Å². The molecular formula is C32H34BrNO2. The van der Waals surface area contributed by atoms with Gasteiger partial charge in [0.25, 0.3) is 0 Å². The Balaban J connectivity index is 0.00000267. The summed E-state index contributed by atoms with van der Waals surface area (Å²) in [5.74, 6) is 0.948. The number of rotatable bonds is 8. The Morgan fingerprint density at radius 3 is 1.97 bits per heavy atom. The lowest BCUT2D eigenvalue weighted by molar-refractivity contribution is -0.909. The molecule has 0 saturated carbocycles. The molecule has 4 aromatic carbocycles. The van der Waals surface area contributed by atoms with Crippen LogP contribution < -0.4 is 21.7 Å². The predicted octanol–water partition coefficient (Wildman–Crippen LogP) is 3.16. The summed E-state index contributed by atoms with van der Waals surface area (Å²) < 4.78 is 7.25. The molecule has 4 aromatic rings. The minimum Gasteiger partial charge on any atom is -1.00 e. The summed E-state index contributed by atoms with van der Waals surface area (Å²) in [6.45, 7) is 5.14. The number of quaternary nitrogens is 1. The highest BCUT2D eigenvalue weighted by molar-refractivity contribution is 5.83. The first-order valence-corrected chi connectivity index (χ1v) is 12.9. The topological polar surface area (TPSA) is 29.5 Å². The maximum Gasteiger partial charge on any atom is 0.126 e. The Bertz CT molecular complexity index is 1260. The van der Waals surface area contributed by atoms with Crippen molar-refractivity contribution >= 4 is 10.8 Å². The van der Waals surface area contributed by atoms with Crippen molar-refractivity contribution in [3.05, 3.63) is 114 Å². The predicted molar refractivity (Wildman–Crippen MR) is 141 cm³/mol. The number of aliphatic hydroxyl groups is 1. The molecule has 2 bridgehead atoms. The standard InChI is InChI=1S/C32H34NO2.BrH/c34-32(28-12-3-1-4-13-28,29-14-5-2-6-15-29)31-18-21-33(25-31,22-19-31)20-9-23-35-30-17-16-26-10-7-8-11-27(26)24-30;/h1-8,10-17,24,34H,9,18-23,25H2;1H/q+1;/p-1. The van der Waals surface area contributed by atoms with E-state index in [0.29, 0.717) is 0 Å². The van der Waals surface area contributed by atoms with E-state index in [0.717, 1.165) is 73.4 Å². The van der Waals surface area contributed by atoms with Gasteiger partial charge in [0.1, 0.15) is 11.4 Å². The van der Waals surface area contributed by atoms with Gasteiger partial charge in [-0.25, -0.2) is 0 Å². The number of benzene rings is 4. The summed E-state index contributed by atoms with van der Waals surface area (Å²) >= 11 is 0. The lowest BCUT2D eigenvalue weighted by Gasteiger charge is -2.42. The number of fused-ring (bicyclic) bond motifs is 3. The molecule has 0 spiro atoms. The molecule has 0 unspecified atom stereocenters. The van der Waals surface area contributed by atoms with Crippen LogP contribution in [0.5, 0.6) is 5.75 Å². The molecule has 0 aromatic heterocycles. The van der Waals surface area contributed by atoms with E-state index >= 15 is 0 Å². The van der Waals surface area contributed by atoms with Crippen molar-refractivity contribution < 1.29 is 31.3 Å². The molecule has 0 atom stereocenters. The monoisotopic (exact) mass is 543 g/mol. The molecule has 2 aliphatic rings. The lowest BCUT2D eigenvalue weighted by Crippen LogP contribution is -3.00. The highest BCUT2D eigenvalue weighted by atomic mass is 79.9. The van der Waals surface area contributed by atoms with Gasteiger partial charge in [0.15, 0.2) is 0 Å². The third kappa shape index (κ3) is 4.26. The molecule has 0 amide bonds. The van der Waals surface area contributed by atoms with E-state index in [4.69, 9.17) is 4.74 Å². The van der Waals surface area contributed by atoms with Crippen LogP contribution in [0.2, 0.25) is 0 Å². The third-order valence-corrected chi connectivity index (χ3v) is 8.68. The highest BCUT2D eigenvalue weighted by Crippen LogP contribution is 2.58. The molecule has 4 heteroatoms. The van der Waals surface area contributed by atoms with Crippen molar-refractivity contribution in [2.24, 2.45) is 5.41 Å². The second-order valence-electron chi connectivity index (χ2n) is 10.6. The second kappa shape index (κ2) is 10.0. The van der Waals surface area contributed by atoms with Crippen LogP contribution in [0.4, 0.5) is 0 Å². The molecule has 2 heterocycles. The average Bonchev–Trinajstić information content (AvgIpc) is 3.50. The summed E-state index contributed by atoms with van der Waals surface area (Å²) in [5.41, 5.74) is 0.947. The number of nitrogens with zero attached hydrogens (tertiary/aromatic N) is 1. The van der Waals surface area contributed by atoms with Crippen LogP contribution in [-0.4, -0.2) is 42.4 Å². The van der Waals surface area contributed by atoms with E-state index < -0.39 is 5.60 Å². The van der Waals surface area contributed by atoms with E-state index in [2.05, 4.69) is 91.0 Å². The largest absolute Gasteiger partial charge is 1.00 e. The molecule has 2 saturated heterocycles. The summed E-state index contributed by atoms with van der Waals surface area (Å²) in [4.78, 5) is 0. The molecule has 0 aliphatic carbocycles. The molecule has 6 rings (SSSR count). The fraction of sp³-hybridized carbons (Fsp3) is 0.312. The summed E-state index contributed by atoms with van der Waals surface area (Å²) in [7, 11) is 0. The number of hydrogen-bond acceptors (Lipinski definition) is 2. The molecule has 3 nitrogen and oxygen atoms in total. The molecule has 2 fully saturated rings. The third-order valence-electron chi connectivity index (χ3n) is 8.68. The smallest absolute Gasteiger partial charge is 0.126 e. The maximum absolute atomic E-state index is 12.5. The molecule has 0 radical (unpaired) electrons. The molecule has 186 valence electrons. The highest BCUT2D eigenvalue weighted by Gasteiger charge is 2.65. The van der Waals surface area contributed by atoms with Crippen molar-refractivity contribution in [3.63, 3.8) is 0 Å². The Kier molecular flexibility index (Phi) is 6.95. The normalized spacial score (nSPS) is 22.9. The van der Waals surface area contributed by atoms with Gasteiger partial charge in [0.2, 0.25) is 0 Å². The van der Waals surface area contributed by atoms with Crippen LogP contribution in [0.25, 0.3) is 10.8 Å². The van der Waals surface area contributed by atoms with E-state index in [1.54, 1.807) is 0 Å². The zero-order valence-corrected chi connectivity index (χ0v) is 22.2. The van der Waals surface area contributed by atoms with E-state index in [1.807, 2.05) is 12.1 Å². The first-order chi connectivity index (χ1) is 17.1. The number of piperidine rings is 1. The summed E-state index contributed by atoms with van der Waals surface area (Å²) in [6, 6.07) is 35.4. The van der Waals surface area contributed by atoms with E-state index in [-0.39, 0.29) is 22.4 Å². The SMILES string of the molecule is OC(c1ccccc1)(c1ccccc1)C12CC[N+](CCCOc3ccc4ccccc4c3)(CC1)C2.[Br-]. The van der Waals surface area contributed by atoms with Crippen LogP contribution >= 0.6 is 0 Å². The maximum atomic E-state index is 12.5. The van der Waals surface area contributed by atoms with Gasteiger partial charge in [-0.2, -0.15) is 0 Å². The molecule has 1 N–H and O–H groups in total. The van der Waals surface area contributed by atoms with Gasteiger partial charge in [0.05, 0.1) is 38.2 Å². The van der Waals surface area contributed by atoms with Crippen molar-refractivity contribution in [1.29, 1.82) is 0 Å². The Labute approximate surface area is 224 Å². The van der Waals surface area contributed by atoms with Gasteiger partial charge >= 0.3 is 0 Å². The van der Waals surface area contributed by atoms with Crippen molar-refractivity contribution in [2.45, 2.75) is 24.9 Å². The van der Waals surface area contributed by atoms with Gasteiger partial charge in [-0.3, -0.25) is 0 Å². The minimum atomic E-state index is -0.965. The number of halogens is 1. The molecule has 36 heavy (non-hydrogen) atoms. The van der Waals surface area contributed by atoms with Crippen LogP contribution in [0.3, 0.4) is 0 Å². The Morgan fingerprint density at radius 1 is 0.750 bits per heavy atom. The fourth-order valence-electron chi connectivity index (χ4n) is 6.86. The van der Waals surface area contributed by atoms with Crippen molar-refractivity contribution in [3.8, 4) is 5.75 Å². The van der Waals surface area contributed by atoms with Crippen LogP contribution in [-0.2, 0) is 5.60 Å². The Morgan fingerprint density at radius 2 is 1.33 bits per heavy atom. The minimum absolute atomic E-state index is 0. The zero-order chi connectivity index (χ0) is 23.8. The van der Waals surface area contributed by atoms with Crippen LogP contribution in [0.1, 0.15) is 30.4 Å². The number of hydrogen-bond donors (Lipinski definition) is 1. The van der Waals surface area contributed by atoms with Gasteiger partial charge < -0.3 is 31.3 Å². The van der Waals surface area contributed by atoms with Crippen LogP contribution in [0, 0.1) is 5.41 Å². The first kappa shape index (κ1) is 25.0. The van der Waals surface area contributed by atoms with Gasteiger partial charge in [0, 0.05) is 19.3 Å². The zero-order valence-electron chi connectivity index (χ0n) is 20.7. The quantitative estimate of drug-likeness (QED) is 0.273. The average molecular weight is 545 g/mol. The lowest BCUT2D eigenvalue weighted by atomic mass is 9.63.